The van der Waals surface area contributed by atoms with Crippen molar-refractivity contribution < 1.29 is 9.53 Å². The van der Waals surface area contributed by atoms with Crippen LogP contribution in [0.3, 0.4) is 0 Å². The Morgan fingerprint density at radius 3 is 2.72 bits per heavy atom. The summed E-state index contributed by atoms with van der Waals surface area (Å²) in [5.41, 5.74) is 0.510. The van der Waals surface area contributed by atoms with Gasteiger partial charge < -0.3 is 4.74 Å². The first-order valence-electron chi connectivity index (χ1n) is 6.67. The molecule has 98 valence electrons. The largest absolute Gasteiger partial charge is 0.494 e. The molecule has 0 aliphatic heterocycles. The summed E-state index contributed by atoms with van der Waals surface area (Å²) in [5.74, 6) is 1.57. The Hall–Kier alpha value is -1.02. The molecule has 18 heavy (non-hydrogen) atoms. The SMILES string of the molecule is O=Cc1ccc(OCCC2CCCCC2)cc1Cl. The Bertz CT molecular complexity index is 397. The molecule has 0 atom stereocenters. The lowest BCUT2D eigenvalue weighted by molar-refractivity contribution is 0.112. The molecule has 1 fully saturated rings. The summed E-state index contributed by atoms with van der Waals surface area (Å²) in [4.78, 5) is 10.6. The van der Waals surface area contributed by atoms with Crippen LogP contribution >= 0.6 is 11.6 Å². The Morgan fingerprint density at radius 1 is 1.28 bits per heavy atom. The molecule has 0 unspecified atom stereocenters. The third kappa shape index (κ3) is 3.74. The molecule has 0 N–H and O–H groups in total. The zero-order chi connectivity index (χ0) is 12.8. The number of hydrogen-bond donors (Lipinski definition) is 0. The highest BCUT2D eigenvalue weighted by atomic mass is 35.5. The first kappa shape index (κ1) is 13.4. The molecular formula is C15H19ClO2. The molecular weight excluding hydrogens is 248 g/mol. The van der Waals surface area contributed by atoms with Gasteiger partial charge in [0.15, 0.2) is 6.29 Å². The van der Waals surface area contributed by atoms with E-state index in [0.717, 1.165) is 31.0 Å². The monoisotopic (exact) mass is 266 g/mol. The molecule has 0 saturated heterocycles. The van der Waals surface area contributed by atoms with E-state index in [9.17, 15) is 4.79 Å². The lowest BCUT2D eigenvalue weighted by atomic mass is 9.87. The number of benzene rings is 1. The molecule has 0 amide bonds. The number of carbonyl (C=O) groups is 1. The van der Waals surface area contributed by atoms with E-state index < -0.39 is 0 Å². The first-order valence-corrected chi connectivity index (χ1v) is 7.05. The van der Waals surface area contributed by atoms with E-state index in [1.165, 1.54) is 32.1 Å². The Kier molecular flexibility index (Phi) is 5.06. The van der Waals surface area contributed by atoms with Crippen LogP contribution in [0, 0.1) is 5.92 Å². The van der Waals surface area contributed by atoms with E-state index in [2.05, 4.69) is 0 Å². The maximum Gasteiger partial charge on any atom is 0.151 e. The number of hydrogen-bond acceptors (Lipinski definition) is 2. The fourth-order valence-corrected chi connectivity index (χ4v) is 2.73. The van der Waals surface area contributed by atoms with Gasteiger partial charge in [0.25, 0.3) is 0 Å². The van der Waals surface area contributed by atoms with Crippen molar-refractivity contribution in [2.45, 2.75) is 38.5 Å². The summed E-state index contributed by atoms with van der Waals surface area (Å²) < 4.78 is 5.69. The van der Waals surface area contributed by atoms with E-state index in [4.69, 9.17) is 16.3 Å². The summed E-state index contributed by atoms with van der Waals surface area (Å²) in [5, 5.41) is 0.458. The third-order valence-corrected chi connectivity index (χ3v) is 3.95. The van der Waals surface area contributed by atoms with Crippen molar-refractivity contribution in [1.29, 1.82) is 0 Å². The van der Waals surface area contributed by atoms with Gasteiger partial charge in [-0.05, 0) is 30.5 Å². The molecule has 1 saturated carbocycles. The topological polar surface area (TPSA) is 26.3 Å². The van der Waals surface area contributed by atoms with E-state index >= 15 is 0 Å². The summed E-state index contributed by atoms with van der Waals surface area (Å²) in [6.45, 7) is 0.738. The number of ether oxygens (including phenoxy) is 1. The molecule has 1 aliphatic rings. The highest BCUT2D eigenvalue weighted by Crippen LogP contribution is 2.27. The smallest absolute Gasteiger partial charge is 0.151 e. The van der Waals surface area contributed by atoms with Gasteiger partial charge in [0.05, 0.1) is 11.6 Å². The van der Waals surface area contributed by atoms with Crippen LogP contribution in [0.1, 0.15) is 48.9 Å². The zero-order valence-corrected chi connectivity index (χ0v) is 11.3. The van der Waals surface area contributed by atoms with Gasteiger partial charge in [0, 0.05) is 5.56 Å². The Balaban J connectivity index is 1.79. The van der Waals surface area contributed by atoms with Crippen molar-refractivity contribution in [3.63, 3.8) is 0 Å². The van der Waals surface area contributed by atoms with Crippen molar-refractivity contribution >= 4 is 17.9 Å². The van der Waals surface area contributed by atoms with Gasteiger partial charge in [-0.15, -0.1) is 0 Å². The molecule has 0 radical (unpaired) electrons. The van der Waals surface area contributed by atoms with Crippen molar-refractivity contribution in [2.24, 2.45) is 5.92 Å². The second kappa shape index (κ2) is 6.79. The van der Waals surface area contributed by atoms with Crippen LogP contribution < -0.4 is 4.74 Å². The predicted molar refractivity (Wildman–Crippen MR) is 73.5 cm³/mol. The van der Waals surface area contributed by atoms with Crippen LogP contribution in [-0.4, -0.2) is 12.9 Å². The van der Waals surface area contributed by atoms with Gasteiger partial charge in [0.2, 0.25) is 0 Å². The quantitative estimate of drug-likeness (QED) is 0.734. The average molecular weight is 267 g/mol. The van der Waals surface area contributed by atoms with Crippen LogP contribution in [0.5, 0.6) is 5.75 Å². The van der Waals surface area contributed by atoms with E-state index in [1.807, 2.05) is 0 Å². The molecule has 1 aliphatic carbocycles. The van der Waals surface area contributed by atoms with E-state index in [1.54, 1.807) is 18.2 Å². The van der Waals surface area contributed by atoms with Gasteiger partial charge in [-0.1, -0.05) is 43.7 Å². The standard InChI is InChI=1S/C15H19ClO2/c16-15-10-14(7-6-13(15)11-17)18-9-8-12-4-2-1-3-5-12/h6-7,10-12H,1-5,8-9H2. The van der Waals surface area contributed by atoms with Crippen molar-refractivity contribution in [3.05, 3.63) is 28.8 Å². The third-order valence-electron chi connectivity index (χ3n) is 3.62. The van der Waals surface area contributed by atoms with Crippen molar-refractivity contribution in [2.75, 3.05) is 6.61 Å². The Labute approximate surface area is 113 Å². The minimum absolute atomic E-state index is 0.458. The van der Waals surface area contributed by atoms with Crippen LogP contribution in [0.4, 0.5) is 0 Å². The maximum atomic E-state index is 10.6. The molecule has 2 rings (SSSR count). The maximum absolute atomic E-state index is 10.6. The van der Waals surface area contributed by atoms with Crippen LogP contribution in [0.25, 0.3) is 0 Å². The molecule has 1 aromatic carbocycles. The first-order chi connectivity index (χ1) is 8.79. The average Bonchev–Trinajstić information content (AvgIpc) is 2.40. The van der Waals surface area contributed by atoms with Gasteiger partial charge in [0.1, 0.15) is 5.75 Å². The van der Waals surface area contributed by atoms with E-state index in [-0.39, 0.29) is 0 Å². The number of halogens is 1. The zero-order valence-electron chi connectivity index (χ0n) is 10.5. The Morgan fingerprint density at radius 2 is 2.06 bits per heavy atom. The van der Waals surface area contributed by atoms with E-state index in [0.29, 0.717) is 10.6 Å². The predicted octanol–water partition coefficient (Wildman–Crippen LogP) is 4.50. The van der Waals surface area contributed by atoms with Crippen LogP contribution in [-0.2, 0) is 0 Å². The summed E-state index contributed by atoms with van der Waals surface area (Å²) in [7, 11) is 0. The normalized spacial score (nSPS) is 16.5. The molecule has 3 heteroatoms. The van der Waals surface area contributed by atoms with Gasteiger partial charge >= 0.3 is 0 Å². The number of rotatable bonds is 5. The summed E-state index contributed by atoms with van der Waals surface area (Å²) >= 11 is 5.95. The highest BCUT2D eigenvalue weighted by Gasteiger charge is 2.13. The fourth-order valence-electron chi connectivity index (χ4n) is 2.51. The van der Waals surface area contributed by atoms with Gasteiger partial charge in [-0.2, -0.15) is 0 Å². The van der Waals surface area contributed by atoms with Gasteiger partial charge in [-0.25, -0.2) is 0 Å². The second-order valence-corrected chi connectivity index (χ2v) is 5.35. The number of aldehydes is 1. The molecule has 1 aromatic rings. The molecule has 0 heterocycles. The lowest BCUT2D eigenvalue weighted by Gasteiger charge is -2.21. The minimum Gasteiger partial charge on any atom is -0.494 e. The van der Waals surface area contributed by atoms with Crippen molar-refractivity contribution in [1.82, 2.24) is 0 Å². The molecule has 0 spiro atoms. The van der Waals surface area contributed by atoms with Crippen LogP contribution in [0.2, 0.25) is 5.02 Å². The molecule has 2 nitrogen and oxygen atoms in total. The van der Waals surface area contributed by atoms with Gasteiger partial charge in [-0.3, -0.25) is 4.79 Å². The molecule has 0 aromatic heterocycles. The fraction of sp³-hybridized carbons (Fsp3) is 0.533. The second-order valence-electron chi connectivity index (χ2n) is 4.94. The highest BCUT2D eigenvalue weighted by molar-refractivity contribution is 6.33. The van der Waals surface area contributed by atoms with Crippen LogP contribution in [0.15, 0.2) is 18.2 Å². The molecule has 0 bridgehead atoms. The number of carbonyl (C=O) groups excluding carboxylic acids is 1. The minimum atomic E-state index is 0.458. The lowest BCUT2D eigenvalue weighted by Crippen LogP contribution is -2.10. The summed E-state index contributed by atoms with van der Waals surface area (Å²) in [6, 6.07) is 5.22. The summed E-state index contributed by atoms with van der Waals surface area (Å²) in [6.07, 6.45) is 8.68. The van der Waals surface area contributed by atoms with Crippen molar-refractivity contribution in [3.8, 4) is 5.75 Å².